The lowest BCUT2D eigenvalue weighted by Crippen LogP contribution is -2.44. The molecule has 2 aromatic heterocycles. The van der Waals surface area contributed by atoms with E-state index in [0.717, 1.165) is 49.8 Å². The molecule has 1 aliphatic heterocycles. The van der Waals surface area contributed by atoms with Crippen molar-refractivity contribution in [2.45, 2.75) is 39.3 Å². The van der Waals surface area contributed by atoms with Crippen LogP contribution in [0.3, 0.4) is 0 Å². The summed E-state index contributed by atoms with van der Waals surface area (Å²) in [5.74, 6) is 1.99. The lowest BCUT2D eigenvalue weighted by molar-refractivity contribution is 0.611. The predicted molar refractivity (Wildman–Crippen MR) is 138 cm³/mol. The molecule has 0 amide bonds. The average molecular weight is 551 g/mol. The number of benzene rings is 1. The van der Waals surface area contributed by atoms with Gasteiger partial charge < -0.3 is 20.1 Å². The van der Waals surface area contributed by atoms with Gasteiger partial charge in [0.1, 0.15) is 5.82 Å². The molecule has 1 atom stereocenters. The fraction of sp³-hybridized carbons (Fsp3) is 0.435. The van der Waals surface area contributed by atoms with Gasteiger partial charge in [-0.1, -0.05) is 12.1 Å². The standard InChI is InChI=1S/C23H30FN7.HI/c1-3-25-23(29-18-11-15-30(16-18)22-19(24)8-6-12-26-22)27-13-7-14-31-17(2)28-20-9-4-5-10-21(20)31;/h4-6,8-10,12,18H,3,7,11,13-16H2,1-2H3,(H2,25,27,29);1H. The summed E-state index contributed by atoms with van der Waals surface area (Å²) in [6.45, 7) is 7.98. The first-order valence-corrected chi connectivity index (χ1v) is 11.0. The molecule has 3 aromatic rings. The number of fused-ring (bicyclic) bond motifs is 1. The number of anilines is 1. The second-order valence-electron chi connectivity index (χ2n) is 7.80. The van der Waals surface area contributed by atoms with E-state index in [9.17, 15) is 4.39 Å². The molecule has 7 nitrogen and oxygen atoms in total. The van der Waals surface area contributed by atoms with Crippen molar-refractivity contribution < 1.29 is 4.39 Å². The van der Waals surface area contributed by atoms with Crippen LogP contribution in [0, 0.1) is 12.7 Å². The van der Waals surface area contributed by atoms with Crippen molar-refractivity contribution in [1.82, 2.24) is 25.2 Å². The minimum Gasteiger partial charge on any atom is -0.357 e. The highest BCUT2D eigenvalue weighted by molar-refractivity contribution is 14.0. The Morgan fingerprint density at radius 1 is 1.25 bits per heavy atom. The molecule has 0 radical (unpaired) electrons. The summed E-state index contributed by atoms with van der Waals surface area (Å²) in [5.41, 5.74) is 2.20. The van der Waals surface area contributed by atoms with Crippen molar-refractivity contribution in [2.75, 3.05) is 31.1 Å². The Labute approximate surface area is 205 Å². The Morgan fingerprint density at radius 3 is 2.91 bits per heavy atom. The van der Waals surface area contributed by atoms with Crippen LogP contribution in [0.4, 0.5) is 10.2 Å². The maximum absolute atomic E-state index is 14.0. The van der Waals surface area contributed by atoms with Gasteiger partial charge in [-0.25, -0.2) is 14.4 Å². The van der Waals surface area contributed by atoms with Crippen LogP contribution in [0.15, 0.2) is 47.6 Å². The summed E-state index contributed by atoms with van der Waals surface area (Å²) >= 11 is 0. The second kappa shape index (κ2) is 11.4. The molecule has 9 heteroatoms. The normalized spacial score (nSPS) is 16.3. The number of nitrogens with zero attached hydrogens (tertiary/aromatic N) is 5. The Hall–Kier alpha value is -2.43. The summed E-state index contributed by atoms with van der Waals surface area (Å²) in [5, 5.41) is 6.82. The number of nitrogens with one attached hydrogen (secondary N) is 2. The largest absolute Gasteiger partial charge is 0.357 e. The predicted octanol–water partition coefficient (Wildman–Crippen LogP) is 3.72. The van der Waals surface area contributed by atoms with Gasteiger partial charge in [0, 0.05) is 45.0 Å². The minimum atomic E-state index is -0.272. The molecule has 1 aliphatic rings. The fourth-order valence-corrected chi connectivity index (χ4v) is 4.09. The molecule has 3 heterocycles. The van der Waals surface area contributed by atoms with Gasteiger partial charge in [0.15, 0.2) is 17.6 Å². The molecular formula is C23H31FIN7. The molecule has 0 spiro atoms. The molecule has 1 fully saturated rings. The van der Waals surface area contributed by atoms with Crippen molar-refractivity contribution in [1.29, 1.82) is 0 Å². The first kappa shape index (κ1) is 24.2. The van der Waals surface area contributed by atoms with E-state index in [2.05, 4.69) is 38.2 Å². The monoisotopic (exact) mass is 551 g/mol. The summed E-state index contributed by atoms with van der Waals surface area (Å²) in [4.78, 5) is 15.6. The van der Waals surface area contributed by atoms with E-state index >= 15 is 0 Å². The topological polar surface area (TPSA) is 70.4 Å². The molecule has 0 bridgehead atoms. The van der Waals surface area contributed by atoms with Crippen LogP contribution in [-0.4, -0.2) is 52.7 Å². The minimum absolute atomic E-state index is 0. The SMILES string of the molecule is CCNC(=NCCCn1c(C)nc2ccccc21)NC1CCN(c2ncccc2F)C1.I. The zero-order valence-electron chi connectivity index (χ0n) is 18.6. The maximum Gasteiger partial charge on any atom is 0.191 e. The summed E-state index contributed by atoms with van der Waals surface area (Å²) < 4.78 is 16.3. The van der Waals surface area contributed by atoms with Gasteiger partial charge >= 0.3 is 0 Å². The van der Waals surface area contributed by atoms with Crippen LogP contribution in [0.25, 0.3) is 11.0 Å². The highest BCUT2D eigenvalue weighted by atomic mass is 127. The number of aryl methyl sites for hydroxylation is 2. The first-order chi connectivity index (χ1) is 15.2. The smallest absolute Gasteiger partial charge is 0.191 e. The fourth-order valence-electron chi connectivity index (χ4n) is 4.09. The molecule has 0 aliphatic carbocycles. The van der Waals surface area contributed by atoms with Crippen LogP contribution >= 0.6 is 24.0 Å². The molecule has 0 saturated carbocycles. The molecule has 1 unspecified atom stereocenters. The number of hydrogen-bond acceptors (Lipinski definition) is 4. The van der Waals surface area contributed by atoms with Gasteiger partial charge in [-0.2, -0.15) is 0 Å². The van der Waals surface area contributed by atoms with Crippen molar-refractivity contribution in [3.05, 3.63) is 54.2 Å². The van der Waals surface area contributed by atoms with Crippen molar-refractivity contribution in [3.63, 3.8) is 0 Å². The van der Waals surface area contributed by atoms with Gasteiger partial charge in [-0.15, -0.1) is 24.0 Å². The lowest BCUT2D eigenvalue weighted by atomic mass is 10.3. The number of pyridine rings is 1. The van der Waals surface area contributed by atoms with E-state index in [4.69, 9.17) is 4.99 Å². The Kier molecular flexibility index (Phi) is 8.66. The second-order valence-corrected chi connectivity index (χ2v) is 7.80. The van der Waals surface area contributed by atoms with Crippen molar-refractivity contribution in [3.8, 4) is 0 Å². The van der Waals surface area contributed by atoms with Gasteiger partial charge in [-0.05, 0) is 51.0 Å². The van der Waals surface area contributed by atoms with Gasteiger partial charge in [0.25, 0.3) is 0 Å². The van der Waals surface area contributed by atoms with Crippen LogP contribution in [0.5, 0.6) is 0 Å². The van der Waals surface area contributed by atoms with E-state index in [1.165, 1.54) is 11.6 Å². The number of guanidine groups is 1. The summed E-state index contributed by atoms with van der Waals surface area (Å²) in [6, 6.07) is 11.5. The maximum atomic E-state index is 14.0. The molecule has 1 saturated heterocycles. The van der Waals surface area contributed by atoms with Crippen molar-refractivity contribution in [2.24, 2.45) is 4.99 Å². The van der Waals surface area contributed by atoms with Crippen LogP contribution in [-0.2, 0) is 6.54 Å². The molecular weight excluding hydrogens is 520 g/mol. The van der Waals surface area contributed by atoms with E-state index < -0.39 is 0 Å². The third-order valence-electron chi connectivity index (χ3n) is 5.57. The third kappa shape index (κ3) is 5.67. The zero-order chi connectivity index (χ0) is 21.6. The highest BCUT2D eigenvalue weighted by Gasteiger charge is 2.25. The van der Waals surface area contributed by atoms with E-state index in [0.29, 0.717) is 18.9 Å². The summed E-state index contributed by atoms with van der Waals surface area (Å²) in [7, 11) is 0. The number of hydrogen-bond donors (Lipinski definition) is 2. The number of rotatable bonds is 7. The molecule has 172 valence electrons. The molecule has 2 N–H and O–H groups in total. The first-order valence-electron chi connectivity index (χ1n) is 11.0. The van der Waals surface area contributed by atoms with E-state index in [-0.39, 0.29) is 35.8 Å². The van der Waals surface area contributed by atoms with Gasteiger partial charge in [-0.3, -0.25) is 4.99 Å². The molecule has 4 rings (SSSR count). The number of halogens is 2. The third-order valence-corrected chi connectivity index (χ3v) is 5.57. The number of aliphatic imine (C=N–C) groups is 1. The number of imidazole rings is 1. The number of aromatic nitrogens is 3. The summed E-state index contributed by atoms with van der Waals surface area (Å²) in [6.07, 6.45) is 3.48. The zero-order valence-corrected chi connectivity index (χ0v) is 20.9. The van der Waals surface area contributed by atoms with E-state index in [1.54, 1.807) is 12.3 Å². The molecule has 1 aromatic carbocycles. The Bertz CT molecular complexity index is 1050. The van der Waals surface area contributed by atoms with E-state index in [1.807, 2.05) is 30.0 Å². The van der Waals surface area contributed by atoms with Gasteiger partial charge in [0.2, 0.25) is 0 Å². The highest BCUT2D eigenvalue weighted by Crippen LogP contribution is 2.20. The Morgan fingerprint density at radius 2 is 2.09 bits per heavy atom. The average Bonchev–Trinajstić information content (AvgIpc) is 3.35. The van der Waals surface area contributed by atoms with Crippen LogP contribution in [0.2, 0.25) is 0 Å². The lowest BCUT2D eigenvalue weighted by Gasteiger charge is -2.20. The Balaban J connectivity index is 0.00000289. The molecule has 32 heavy (non-hydrogen) atoms. The van der Waals surface area contributed by atoms with Gasteiger partial charge in [0.05, 0.1) is 11.0 Å². The number of para-hydroxylation sites is 2. The quantitative estimate of drug-likeness (QED) is 0.203. The van der Waals surface area contributed by atoms with Crippen LogP contribution < -0.4 is 15.5 Å². The van der Waals surface area contributed by atoms with Crippen LogP contribution in [0.1, 0.15) is 25.6 Å². The van der Waals surface area contributed by atoms with Crippen molar-refractivity contribution >= 4 is 46.8 Å².